The fourth-order valence-corrected chi connectivity index (χ4v) is 4.70. The standard InChI is InChI=1S/C20H28N4O2/c1-14-17(15(2)24-19(22-14)7-10-21-24)5-6-20(25)23-11-3-4-18(23)16-8-12-26-13-9-16/h7,10,16,18H,3-6,8-9,11-13H2,1-2H3. The molecular weight excluding hydrogens is 328 g/mol. The quantitative estimate of drug-likeness (QED) is 0.845. The number of ether oxygens (including phenoxy) is 1. The van der Waals surface area contributed by atoms with Gasteiger partial charge in [-0.3, -0.25) is 4.79 Å². The second-order valence-corrected chi connectivity index (χ2v) is 7.61. The summed E-state index contributed by atoms with van der Waals surface area (Å²) in [6.45, 7) is 6.69. The van der Waals surface area contributed by atoms with Crippen LogP contribution in [0, 0.1) is 19.8 Å². The van der Waals surface area contributed by atoms with Crippen LogP contribution in [0.4, 0.5) is 0 Å². The number of fused-ring (bicyclic) bond motifs is 1. The molecule has 2 aromatic heterocycles. The Labute approximate surface area is 154 Å². The second-order valence-electron chi connectivity index (χ2n) is 7.61. The molecule has 1 atom stereocenters. The van der Waals surface area contributed by atoms with Gasteiger partial charge < -0.3 is 9.64 Å². The second kappa shape index (κ2) is 7.35. The van der Waals surface area contributed by atoms with Gasteiger partial charge >= 0.3 is 0 Å². The summed E-state index contributed by atoms with van der Waals surface area (Å²) in [5.41, 5.74) is 4.11. The van der Waals surface area contributed by atoms with Crippen LogP contribution in [0.15, 0.2) is 12.3 Å². The molecule has 0 aromatic carbocycles. The lowest BCUT2D eigenvalue weighted by Crippen LogP contribution is -2.42. The number of amides is 1. The number of hydrogen-bond acceptors (Lipinski definition) is 4. The van der Waals surface area contributed by atoms with E-state index in [4.69, 9.17) is 4.74 Å². The first-order valence-electron chi connectivity index (χ1n) is 9.82. The molecule has 26 heavy (non-hydrogen) atoms. The minimum atomic E-state index is 0.290. The molecule has 6 heteroatoms. The van der Waals surface area contributed by atoms with Gasteiger partial charge in [0.15, 0.2) is 5.65 Å². The van der Waals surface area contributed by atoms with Gasteiger partial charge in [0, 0.05) is 49.7 Å². The maximum atomic E-state index is 13.0. The van der Waals surface area contributed by atoms with Gasteiger partial charge in [-0.1, -0.05) is 0 Å². The Morgan fingerprint density at radius 3 is 2.88 bits per heavy atom. The Balaban J connectivity index is 1.45. The molecule has 0 spiro atoms. The molecule has 0 radical (unpaired) electrons. The Hall–Kier alpha value is -1.95. The molecule has 4 heterocycles. The predicted octanol–water partition coefficient (Wildman–Crippen LogP) is 2.70. The van der Waals surface area contributed by atoms with Crippen molar-refractivity contribution in [2.24, 2.45) is 5.92 Å². The van der Waals surface area contributed by atoms with Crippen LogP contribution in [0.5, 0.6) is 0 Å². The summed E-state index contributed by atoms with van der Waals surface area (Å²) < 4.78 is 7.37. The van der Waals surface area contributed by atoms with E-state index < -0.39 is 0 Å². The molecule has 0 N–H and O–H groups in total. The Kier molecular flexibility index (Phi) is 4.94. The van der Waals surface area contributed by atoms with Crippen LogP contribution in [0.2, 0.25) is 0 Å². The van der Waals surface area contributed by atoms with E-state index in [0.717, 1.165) is 74.5 Å². The minimum absolute atomic E-state index is 0.290. The normalized spacial score (nSPS) is 21.6. The van der Waals surface area contributed by atoms with Crippen molar-refractivity contribution in [2.75, 3.05) is 19.8 Å². The third-order valence-corrected chi connectivity index (χ3v) is 6.11. The summed E-state index contributed by atoms with van der Waals surface area (Å²) in [5.74, 6) is 0.902. The zero-order valence-electron chi connectivity index (χ0n) is 15.8. The van der Waals surface area contributed by atoms with E-state index in [0.29, 0.717) is 24.3 Å². The van der Waals surface area contributed by atoms with Gasteiger partial charge in [-0.05, 0) is 57.4 Å². The topological polar surface area (TPSA) is 59.7 Å². The molecule has 0 bridgehead atoms. The summed E-state index contributed by atoms with van der Waals surface area (Å²) in [5, 5.41) is 4.34. The van der Waals surface area contributed by atoms with Gasteiger partial charge in [0.05, 0.1) is 6.20 Å². The van der Waals surface area contributed by atoms with E-state index in [1.807, 2.05) is 17.5 Å². The molecule has 2 aromatic rings. The lowest BCUT2D eigenvalue weighted by Gasteiger charge is -2.34. The highest BCUT2D eigenvalue weighted by Gasteiger charge is 2.35. The molecule has 2 aliphatic rings. The van der Waals surface area contributed by atoms with Crippen molar-refractivity contribution < 1.29 is 9.53 Å². The number of carbonyl (C=O) groups excluding carboxylic acids is 1. The number of carbonyl (C=O) groups is 1. The highest BCUT2D eigenvalue weighted by Crippen LogP contribution is 2.31. The Morgan fingerprint density at radius 1 is 1.27 bits per heavy atom. The SMILES string of the molecule is Cc1nc2ccnn2c(C)c1CCC(=O)N1CCCC1C1CCOCC1. The summed E-state index contributed by atoms with van der Waals surface area (Å²) >= 11 is 0. The highest BCUT2D eigenvalue weighted by atomic mass is 16.5. The third kappa shape index (κ3) is 3.22. The van der Waals surface area contributed by atoms with Crippen molar-refractivity contribution in [1.82, 2.24) is 19.5 Å². The van der Waals surface area contributed by atoms with E-state index in [9.17, 15) is 4.79 Å². The number of aromatic nitrogens is 3. The van der Waals surface area contributed by atoms with Crippen LogP contribution in [0.3, 0.4) is 0 Å². The number of rotatable bonds is 4. The molecule has 4 rings (SSSR count). The first-order valence-corrected chi connectivity index (χ1v) is 9.82. The average molecular weight is 356 g/mol. The summed E-state index contributed by atoms with van der Waals surface area (Å²) in [7, 11) is 0. The fraction of sp³-hybridized carbons (Fsp3) is 0.650. The van der Waals surface area contributed by atoms with E-state index in [1.54, 1.807) is 6.20 Å². The largest absolute Gasteiger partial charge is 0.381 e. The van der Waals surface area contributed by atoms with Gasteiger partial charge in [0.1, 0.15) is 0 Å². The molecule has 2 aliphatic heterocycles. The van der Waals surface area contributed by atoms with Crippen LogP contribution in [0.1, 0.15) is 49.1 Å². The van der Waals surface area contributed by atoms with Crippen LogP contribution in [-0.4, -0.2) is 51.2 Å². The lowest BCUT2D eigenvalue weighted by molar-refractivity contribution is -0.133. The number of aryl methyl sites for hydroxylation is 2. The maximum absolute atomic E-state index is 13.0. The van der Waals surface area contributed by atoms with Crippen LogP contribution < -0.4 is 0 Å². The summed E-state index contributed by atoms with van der Waals surface area (Å²) in [4.78, 5) is 19.7. The maximum Gasteiger partial charge on any atom is 0.223 e. The third-order valence-electron chi connectivity index (χ3n) is 6.11. The smallest absolute Gasteiger partial charge is 0.223 e. The van der Waals surface area contributed by atoms with Crippen LogP contribution >= 0.6 is 0 Å². The molecule has 0 saturated carbocycles. The van der Waals surface area contributed by atoms with E-state index in [2.05, 4.69) is 21.9 Å². The molecule has 2 fully saturated rings. The number of hydrogen-bond donors (Lipinski definition) is 0. The van der Waals surface area contributed by atoms with Crippen molar-refractivity contribution in [3.8, 4) is 0 Å². The Bertz CT molecular complexity index is 794. The van der Waals surface area contributed by atoms with E-state index >= 15 is 0 Å². The van der Waals surface area contributed by atoms with Gasteiger partial charge in [0.2, 0.25) is 5.91 Å². The van der Waals surface area contributed by atoms with E-state index in [-0.39, 0.29) is 0 Å². The van der Waals surface area contributed by atoms with Crippen molar-refractivity contribution >= 4 is 11.6 Å². The van der Waals surface area contributed by atoms with Crippen molar-refractivity contribution in [1.29, 1.82) is 0 Å². The van der Waals surface area contributed by atoms with Crippen LogP contribution in [-0.2, 0) is 16.0 Å². The summed E-state index contributed by atoms with van der Waals surface area (Å²) in [6.07, 6.45) is 7.51. The van der Waals surface area contributed by atoms with Gasteiger partial charge in [0.25, 0.3) is 0 Å². The lowest BCUT2D eigenvalue weighted by atomic mass is 9.90. The van der Waals surface area contributed by atoms with Gasteiger partial charge in [-0.25, -0.2) is 9.50 Å². The van der Waals surface area contributed by atoms with E-state index in [1.165, 1.54) is 0 Å². The highest BCUT2D eigenvalue weighted by molar-refractivity contribution is 5.77. The molecule has 2 saturated heterocycles. The predicted molar refractivity (Wildman–Crippen MR) is 99.1 cm³/mol. The van der Waals surface area contributed by atoms with Crippen LogP contribution in [0.25, 0.3) is 5.65 Å². The van der Waals surface area contributed by atoms with Crippen molar-refractivity contribution in [2.45, 2.75) is 58.4 Å². The number of likely N-dealkylation sites (tertiary alicyclic amines) is 1. The molecular formula is C20H28N4O2. The minimum Gasteiger partial charge on any atom is -0.381 e. The average Bonchev–Trinajstić information content (AvgIpc) is 3.31. The first-order chi connectivity index (χ1) is 12.6. The molecule has 0 aliphatic carbocycles. The molecule has 6 nitrogen and oxygen atoms in total. The summed E-state index contributed by atoms with van der Waals surface area (Å²) in [6, 6.07) is 2.33. The zero-order chi connectivity index (χ0) is 18.1. The fourth-order valence-electron chi connectivity index (χ4n) is 4.70. The van der Waals surface area contributed by atoms with Crippen molar-refractivity contribution in [3.63, 3.8) is 0 Å². The molecule has 140 valence electrons. The van der Waals surface area contributed by atoms with Gasteiger partial charge in [-0.15, -0.1) is 0 Å². The molecule has 1 unspecified atom stereocenters. The monoisotopic (exact) mass is 356 g/mol. The van der Waals surface area contributed by atoms with Crippen molar-refractivity contribution in [3.05, 3.63) is 29.2 Å². The first kappa shape index (κ1) is 17.5. The van der Waals surface area contributed by atoms with Gasteiger partial charge in [-0.2, -0.15) is 5.10 Å². The Morgan fingerprint density at radius 2 is 2.08 bits per heavy atom. The molecule has 1 amide bonds. The number of nitrogens with zero attached hydrogens (tertiary/aromatic N) is 4. The zero-order valence-corrected chi connectivity index (χ0v) is 15.8.